The molecular formula is C12H11Br2ClN2S. The summed E-state index contributed by atoms with van der Waals surface area (Å²) in [5.74, 6) is 5.65. The lowest BCUT2D eigenvalue weighted by molar-refractivity contribution is 0.555. The fourth-order valence-electron chi connectivity index (χ4n) is 1.71. The largest absolute Gasteiger partial charge is 0.271 e. The van der Waals surface area contributed by atoms with E-state index in [1.54, 1.807) is 11.3 Å². The molecule has 18 heavy (non-hydrogen) atoms. The number of nitrogens with one attached hydrogen (secondary N) is 1. The van der Waals surface area contributed by atoms with Gasteiger partial charge in [-0.05, 0) is 35.9 Å². The minimum absolute atomic E-state index is 0.0634. The number of halogens is 3. The Morgan fingerprint density at radius 2 is 1.89 bits per heavy atom. The second kappa shape index (κ2) is 6.50. The van der Waals surface area contributed by atoms with E-state index in [0.717, 1.165) is 25.3 Å². The van der Waals surface area contributed by atoms with Gasteiger partial charge in [-0.2, -0.15) is 0 Å². The number of nitrogens with two attached hydrogens (primary N) is 1. The van der Waals surface area contributed by atoms with Crippen LogP contribution in [0.2, 0.25) is 4.34 Å². The summed E-state index contributed by atoms with van der Waals surface area (Å²) >= 11 is 14.5. The number of thiophene rings is 1. The van der Waals surface area contributed by atoms with Crippen molar-refractivity contribution >= 4 is 54.8 Å². The highest BCUT2D eigenvalue weighted by atomic mass is 79.9. The van der Waals surface area contributed by atoms with Gasteiger partial charge in [0.15, 0.2) is 0 Å². The second-order valence-corrected chi connectivity index (χ2v) is 7.46. The van der Waals surface area contributed by atoms with Gasteiger partial charge in [-0.1, -0.05) is 43.5 Å². The maximum absolute atomic E-state index is 5.94. The van der Waals surface area contributed by atoms with Crippen LogP contribution in [0.25, 0.3) is 0 Å². The smallest absolute Gasteiger partial charge is 0.0931 e. The highest BCUT2D eigenvalue weighted by molar-refractivity contribution is 9.11. The maximum atomic E-state index is 5.94. The lowest BCUT2D eigenvalue weighted by Crippen LogP contribution is -2.29. The molecule has 1 aromatic carbocycles. The molecule has 1 atom stereocenters. The van der Waals surface area contributed by atoms with Gasteiger partial charge in [0.25, 0.3) is 0 Å². The lowest BCUT2D eigenvalue weighted by atomic mass is 10.0. The third-order valence-corrected chi connectivity index (χ3v) is 4.69. The van der Waals surface area contributed by atoms with Crippen LogP contribution < -0.4 is 11.3 Å². The Morgan fingerprint density at radius 1 is 1.22 bits per heavy atom. The molecule has 0 saturated heterocycles. The van der Waals surface area contributed by atoms with E-state index in [2.05, 4.69) is 49.4 Å². The van der Waals surface area contributed by atoms with Gasteiger partial charge in [-0.3, -0.25) is 11.3 Å². The van der Waals surface area contributed by atoms with Crippen LogP contribution in [0, 0.1) is 0 Å². The van der Waals surface area contributed by atoms with Crippen LogP contribution in [0.15, 0.2) is 39.3 Å². The molecule has 0 fully saturated rings. The van der Waals surface area contributed by atoms with Crippen molar-refractivity contribution in [3.63, 3.8) is 0 Å². The number of rotatable bonds is 4. The first-order valence-corrected chi connectivity index (χ1v) is 8.03. The minimum Gasteiger partial charge on any atom is -0.271 e. The van der Waals surface area contributed by atoms with E-state index in [1.165, 1.54) is 4.88 Å². The van der Waals surface area contributed by atoms with Gasteiger partial charge in [0, 0.05) is 20.2 Å². The fraction of sp³-hybridized carbons (Fsp3) is 0.167. The van der Waals surface area contributed by atoms with Crippen LogP contribution in [0.4, 0.5) is 0 Å². The highest BCUT2D eigenvalue weighted by Crippen LogP contribution is 2.29. The molecule has 0 aliphatic carbocycles. The molecule has 0 aliphatic heterocycles. The van der Waals surface area contributed by atoms with Gasteiger partial charge in [0.05, 0.1) is 10.4 Å². The molecule has 0 aliphatic rings. The highest BCUT2D eigenvalue weighted by Gasteiger charge is 2.13. The first kappa shape index (κ1) is 14.5. The topological polar surface area (TPSA) is 38.0 Å². The van der Waals surface area contributed by atoms with E-state index in [0.29, 0.717) is 0 Å². The molecule has 3 N–H and O–H groups in total. The Kier molecular flexibility index (Phi) is 5.24. The van der Waals surface area contributed by atoms with E-state index in [-0.39, 0.29) is 6.04 Å². The van der Waals surface area contributed by atoms with E-state index in [9.17, 15) is 0 Å². The van der Waals surface area contributed by atoms with Crippen LogP contribution in [0.3, 0.4) is 0 Å². The molecule has 0 bridgehead atoms. The summed E-state index contributed by atoms with van der Waals surface area (Å²) in [7, 11) is 0. The third kappa shape index (κ3) is 3.79. The molecule has 2 nitrogen and oxygen atoms in total. The van der Waals surface area contributed by atoms with Crippen molar-refractivity contribution in [2.45, 2.75) is 12.5 Å². The third-order valence-electron chi connectivity index (χ3n) is 2.52. The standard InChI is InChI=1S/C12H11Br2ClN2S/c13-8-3-7(4-9(14)5-8)11(17-16)6-10-1-2-12(15)18-10/h1-5,11,17H,6,16H2. The van der Waals surface area contributed by atoms with E-state index in [4.69, 9.17) is 17.4 Å². The molecule has 1 aromatic heterocycles. The number of hydrogen-bond acceptors (Lipinski definition) is 3. The number of hydrogen-bond donors (Lipinski definition) is 2. The van der Waals surface area contributed by atoms with Crippen molar-refractivity contribution < 1.29 is 0 Å². The lowest BCUT2D eigenvalue weighted by Gasteiger charge is -2.16. The molecule has 1 heterocycles. The Bertz CT molecular complexity index is 524. The van der Waals surface area contributed by atoms with Gasteiger partial charge < -0.3 is 0 Å². The first-order chi connectivity index (χ1) is 8.58. The van der Waals surface area contributed by atoms with Crippen LogP contribution >= 0.6 is 54.8 Å². The molecule has 0 saturated carbocycles. The van der Waals surface area contributed by atoms with Crippen molar-refractivity contribution in [2.75, 3.05) is 0 Å². The quantitative estimate of drug-likeness (QED) is 0.568. The number of benzene rings is 1. The molecule has 96 valence electrons. The molecule has 1 unspecified atom stereocenters. The minimum atomic E-state index is 0.0634. The van der Waals surface area contributed by atoms with Crippen LogP contribution in [0.1, 0.15) is 16.5 Å². The summed E-state index contributed by atoms with van der Waals surface area (Å²) in [4.78, 5) is 1.21. The Morgan fingerprint density at radius 3 is 2.39 bits per heavy atom. The Balaban J connectivity index is 2.22. The summed E-state index contributed by atoms with van der Waals surface area (Å²) in [5.41, 5.74) is 3.98. The van der Waals surface area contributed by atoms with E-state index in [1.807, 2.05) is 18.2 Å². The van der Waals surface area contributed by atoms with Crippen molar-refractivity contribution in [1.82, 2.24) is 5.43 Å². The van der Waals surface area contributed by atoms with Crippen molar-refractivity contribution in [2.24, 2.45) is 5.84 Å². The summed E-state index contributed by atoms with van der Waals surface area (Å²) in [6, 6.07) is 10.1. The predicted octanol–water partition coefficient (Wildman–Crippen LogP) is 4.67. The predicted molar refractivity (Wildman–Crippen MR) is 84.9 cm³/mol. The van der Waals surface area contributed by atoms with Gasteiger partial charge in [-0.25, -0.2) is 0 Å². The molecule has 0 radical (unpaired) electrons. The number of hydrazine groups is 1. The summed E-state index contributed by atoms with van der Waals surface area (Å²) in [6.45, 7) is 0. The van der Waals surface area contributed by atoms with Gasteiger partial charge >= 0.3 is 0 Å². The van der Waals surface area contributed by atoms with Crippen LogP contribution in [0.5, 0.6) is 0 Å². The normalized spacial score (nSPS) is 12.7. The molecule has 0 amide bonds. The maximum Gasteiger partial charge on any atom is 0.0931 e. The fourth-order valence-corrected chi connectivity index (χ4v) is 4.17. The Hall–Kier alpha value is 0.0900. The van der Waals surface area contributed by atoms with Crippen LogP contribution in [-0.2, 0) is 6.42 Å². The first-order valence-electron chi connectivity index (χ1n) is 5.25. The van der Waals surface area contributed by atoms with Gasteiger partial charge in [-0.15, -0.1) is 11.3 Å². The van der Waals surface area contributed by atoms with Crippen molar-refractivity contribution in [1.29, 1.82) is 0 Å². The zero-order valence-corrected chi connectivity index (χ0v) is 14.0. The average molecular weight is 411 g/mol. The summed E-state index contributed by atoms with van der Waals surface area (Å²) in [5, 5.41) is 0. The summed E-state index contributed by atoms with van der Waals surface area (Å²) < 4.78 is 2.85. The summed E-state index contributed by atoms with van der Waals surface area (Å²) in [6.07, 6.45) is 0.816. The van der Waals surface area contributed by atoms with Crippen LogP contribution in [-0.4, -0.2) is 0 Å². The molecule has 2 rings (SSSR count). The molecule has 6 heteroatoms. The average Bonchev–Trinajstić information content (AvgIpc) is 2.70. The van der Waals surface area contributed by atoms with Crippen molar-refractivity contribution in [3.8, 4) is 0 Å². The zero-order chi connectivity index (χ0) is 13.1. The molecular weight excluding hydrogens is 399 g/mol. The Labute approximate surface area is 132 Å². The van der Waals surface area contributed by atoms with Gasteiger partial charge in [0.2, 0.25) is 0 Å². The van der Waals surface area contributed by atoms with E-state index >= 15 is 0 Å². The SMILES string of the molecule is NNC(Cc1ccc(Cl)s1)c1cc(Br)cc(Br)c1. The molecule has 0 spiro atoms. The second-order valence-electron chi connectivity index (χ2n) is 3.83. The van der Waals surface area contributed by atoms with Gasteiger partial charge in [0.1, 0.15) is 0 Å². The van der Waals surface area contributed by atoms with E-state index < -0.39 is 0 Å². The van der Waals surface area contributed by atoms with Crippen molar-refractivity contribution in [3.05, 3.63) is 54.1 Å². The monoisotopic (exact) mass is 408 g/mol. The zero-order valence-electron chi connectivity index (χ0n) is 9.29. The molecule has 2 aromatic rings.